The molecule has 0 radical (unpaired) electrons. The molecule has 0 aromatic carbocycles. The van der Waals surface area contributed by atoms with E-state index in [1.807, 2.05) is 27.7 Å². The van der Waals surface area contributed by atoms with Gasteiger partial charge in [0.05, 0.1) is 12.4 Å². The van der Waals surface area contributed by atoms with Crippen LogP contribution in [0, 0.1) is 11.8 Å². The summed E-state index contributed by atoms with van der Waals surface area (Å²) in [6.45, 7) is 8.00. The highest BCUT2D eigenvalue weighted by atomic mass is 16.4. The number of nitrogens with two attached hydrogens (primary N) is 2. The normalized spacial score (nSPS) is 14.7. The topological polar surface area (TPSA) is 205 Å². The second-order valence-electron chi connectivity index (χ2n) is 9.95. The summed E-state index contributed by atoms with van der Waals surface area (Å²) in [5.41, 5.74) is 12.1. The molecule has 1 rings (SSSR count). The Morgan fingerprint density at radius 3 is 2.00 bits per heavy atom. The van der Waals surface area contributed by atoms with Crippen LogP contribution in [0.5, 0.6) is 0 Å². The van der Waals surface area contributed by atoms with Crippen LogP contribution in [0.3, 0.4) is 0 Å². The number of imidazole rings is 1. The van der Waals surface area contributed by atoms with Gasteiger partial charge in [-0.1, -0.05) is 34.1 Å². The van der Waals surface area contributed by atoms with Crippen LogP contribution in [0.2, 0.25) is 0 Å². The van der Waals surface area contributed by atoms with E-state index in [-0.39, 0.29) is 31.1 Å². The summed E-state index contributed by atoms with van der Waals surface area (Å²) in [6, 6.07) is -3.88. The number of rotatable bonds is 17. The summed E-state index contributed by atoms with van der Waals surface area (Å²) >= 11 is 0. The molecule has 1 aromatic heterocycles. The molecule has 0 spiro atoms. The molecule has 1 aromatic rings. The number of carboxylic acid groups (broad SMARTS) is 1. The number of nitrogens with zero attached hydrogens (tertiary/aromatic N) is 1. The van der Waals surface area contributed by atoms with Gasteiger partial charge in [0, 0.05) is 18.3 Å². The maximum Gasteiger partial charge on any atom is 0.326 e. The average Bonchev–Trinajstić information content (AvgIpc) is 3.30. The lowest BCUT2D eigenvalue weighted by atomic mass is 10.00. The van der Waals surface area contributed by atoms with Crippen LogP contribution in [0.15, 0.2) is 12.5 Å². The van der Waals surface area contributed by atoms with Gasteiger partial charge >= 0.3 is 5.97 Å². The molecule has 0 fully saturated rings. The van der Waals surface area contributed by atoms with Crippen molar-refractivity contribution in [3.8, 4) is 0 Å². The van der Waals surface area contributed by atoms with Crippen molar-refractivity contribution >= 4 is 23.7 Å². The van der Waals surface area contributed by atoms with Crippen molar-refractivity contribution in [1.82, 2.24) is 25.9 Å². The first-order chi connectivity index (χ1) is 16.9. The Bertz CT molecular complexity index is 829. The molecule has 204 valence electrons. The van der Waals surface area contributed by atoms with Gasteiger partial charge < -0.3 is 37.5 Å². The van der Waals surface area contributed by atoms with E-state index in [0.29, 0.717) is 25.1 Å². The first-order valence-corrected chi connectivity index (χ1v) is 12.5. The Morgan fingerprint density at radius 1 is 0.917 bits per heavy atom. The molecule has 0 aliphatic heterocycles. The minimum Gasteiger partial charge on any atom is -0.480 e. The van der Waals surface area contributed by atoms with Crippen LogP contribution in [0.1, 0.15) is 65.5 Å². The fraction of sp³-hybridized carbons (Fsp3) is 0.708. The Hall–Kier alpha value is -2.99. The fourth-order valence-corrected chi connectivity index (χ4v) is 3.68. The van der Waals surface area contributed by atoms with Crippen molar-refractivity contribution in [2.24, 2.45) is 23.3 Å². The summed E-state index contributed by atoms with van der Waals surface area (Å²) in [4.78, 5) is 57.4. The molecular formula is C24H43N7O5. The molecule has 0 saturated carbocycles. The predicted octanol–water partition coefficient (Wildman–Crippen LogP) is 0.0397. The number of carboxylic acids is 1. The monoisotopic (exact) mass is 509 g/mol. The number of amides is 3. The summed E-state index contributed by atoms with van der Waals surface area (Å²) in [5, 5.41) is 17.4. The van der Waals surface area contributed by atoms with Crippen LogP contribution < -0.4 is 27.4 Å². The van der Waals surface area contributed by atoms with E-state index >= 15 is 0 Å². The van der Waals surface area contributed by atoms with Gasteiger partial charge in [-0.15, -0.1) is 0 Å². The van der Waals surface area contributed by atoms with Gasteiger partial charge in [0.25, 0.3) is 0 Å². The van der Waals surface area contributed by atoms with Crippen LogP contribution >= 0.6 is 0 Å². The minimum atomic E-state index is -1.14. The molecule has 12 heteroatoms. The van der Waals surface area contributed by atoms with Crippen molar-refractivity contribution in [3.63, 3.8) is 0 Å². The summed E-state index contributed by atoms with van der Waals surface area (Å²) in [6.07, 6.45) is 5.48. The highest BCUT2D eigenvalue weighted by Crippen LogP contribution is 2.10. The molecule has 4 atom stereocenters. The summed E-state index contributed by atoms with van der Waals surface area (Å²) in [5.74, 6) is -2.71. The molecule has 0 bridgehead atoms. The quantitative estimate of drug-likeness (QED) is 0.142. The van der Waals surface area contributed by atoms with Crippen molar-refractivity contribution in [1.29, 1.82) is 0 Å². The van der Waals surface area contributed by atoms with Gasteiger partial charge in [0.1, 0.15) is 18.1 Å². The smallest absolute Gasteiger partial charge is 0.326 e. The zero-order chi connectivity index (χ0) is 27.3. The average molecular weight is 510 g/mol. The molecule has 1 heterocycles. The number of carbonyl (C=O) groups is 4. The number of hydrogen-bond donors (Lipinski definition) is 7. The van der Waals surface area contributed by atoms with Crippen LogP contribution in [0.25, 0.3) is 0 Å². The van der Waals surface area contributed by atoms with Crippen molar-refractivity contribution in [2.45, 2.75) is 90.4 Å². The number of carbonyl (C=O) groups excluding carboxylic acids is 3. The Balaban J connectivity index is 3.01. The molecular weight excluding hydrogens is 466 g/mol. The first kappa shape index (κ1) is 31.0. The summed E-state index contributed by atoms with van der Waals surface area (Å²) in [7, 11) is 0. The Morgan fingerprint density at radius 2 is 1.47 bits per heavy atom. The number of H-pyrrole nitrogens is 1. The second kappa shape index (κ2) is 15.9. The van der Waals surface area contributed by atoms with E-state index in [9.17, 15) is 24.3 Å². The van der Waals surface area contributed by atoms with Gasteiger partial charge in [0.2, 0.25) is 17.7 Å². The maximum atomic E-state index is 13.3. The maximum absolute atomic E-state index is 13.3. The Labute approximate surface area is 212 Å². The lowest BCUT2D eigenvalue weighted by molar-refractivity contribution is -0.143. The molecule has 12 nitrogen and oxygen atoms in total. The molecule has 9 N–H and O–H groups in total. The Kier molecular flexibility index (Phi) is 13.7. The number of aromatic amines is 1. The van der Waals surface area contributed by atoms with Crippen LogP contribution in [-0.4, -0.2) is 69.5 Å². The van der Waals surface area contributed by atoms with E-state index in [1.165, 1.54) is 12.5 Å². The minimum absolute atomic E-state index is 0.0334. The molecule has 0 aliphatic carbocycles. The SMILES string of the molecule is CC(C)CC(NC(=O)C(CC(C)C)NC(=O)C(Cc1cnc[nH]1)NC(=O)C(N)CCCCN)C(=O)O. The second-order valence-corrected chi connectivity index (χ2v) is 9.95. The van der Waals surface area contributed by atoms with E-state index in [2.05, 4.69) is 25.9 Å². The molecule has 4 unspecified atom stereocenters. The number of hydrogen-bond acceptors (Lipinski definition) is 7. The van der Waals surface area contributed by atoms with Crippen LogP contribution in [0.4, 0.5) is 0 Å². The van der Waals surface area contributed by atoms with Gasteiger partial charge in [-0.3, -0.25) is 14.4 Å². The first-order valence-electron chi connectivity index (χ1n) is 12.5. The lowest BCUT2D eigenvalue weighted by Gasteiger charge is -2.26. The van der Waals surface area contributed by atoms with Crippen molar-refractivity contribution in [3.05, 3.63) is 18.2 Å². The summed E-state index contributed by atoms with van der Waals surface area (Å²) < 4.78 is 0. The van der Waals surface area contributed by atoms with Crippen molar-refractivity contribution < 1.29 is 24.3 Å². The highest BCUT2D eigenvalue weighted by molar-refractivity contribution is 5.94. The highest BCUT2D eigenvalue weighted by Gasteiger charge is 2.31. The van der Waals surface area contributed by atoms with Crippen molar-refractivity contribution in [2.75, 3.05) is 6.54 Å². The number of unbranched alkanes of at least 4 members (excludes halogenated alkanes) is 1. The fourth-order valence-electron chi connectivity index (χ4n) is 3.68. The number of aliphatic carboxylic acids is 1. The molecule has 0 aliphatic rings. The van der Waals surface area contributed by atoms with Gasteiger partial charge in [-0.05, 0) is 44.1 Å². The predicted molar refractivity (Wildman–Crippen MR) is 136 cm³/mol. The largest absolute Gasteiger partial charge is 0.480 e. The standard InChI is InChI=1S/C24H43N7O5/c1-14(2)9-18(22(33)31-20(24(35)36)10-15(3)4)30-23(34)19(11-16-12-27-13-28-16)29-21(32)17(26)7-5-6-8-25/h12-15,17-20H,5-11,25-26H2,1-4H3,(H,27,28)(H,29,32)(H,30,34)(H,31,33)(H,35,36). The van der Waals surface area contributed by atoms with E-state index in [0.717, 1.165) is 6.42 Å². The van der Waals surface area contributed by atoms with Gasteiger partial charge in [0.15, 0.2) is 0 Å². The third-order valence-electron chi connectivity index (χ3n) is 5.58. The number of aromatic nitrogens is 2. The third-order valence-corrected chi connectivity index (χ3v) is 5.58. The van der Waals surface area contributed by atoms with E-state index < -0.39 is 47.9 Å². The zero-order valence-corrected chi connectivity index (χ0v) is 21.8. The molecule has 3 amide bonds. The molecule has 0 saturated heterocycles. The zero-order valence-electron chi connectivity index (χ0n) is 21.8. The van der Waals surface area contributed by atoms with Gasteiger partial charge in [-0.25, -0.2) is 9.78 Å². The number of nitrogens with one attached hydrogen (secondary N) is 4. The molecule has 36 heavy (non-hydrogen) atoms. The van der Waals surface area contributed by atoms with E-state index in [4.69, 9.17) is 11.5 Å². The van der Waals surface area contributed by atoms with Gasteiger partial charge in [-0.2, -0.15) is 0 Å². The van der Waals surface area contributed by atoms with Crippen LogP contribution in [-0.2, 0) is 25.6 Å². The third kappa shape index (κ3) is 11.6. The van der Waals surface area contributed by atoms with E-state index in [1.54, 1.807) is 0 Å². The lowest BCUT2D eigenvalue weighted by Crippen LogP contribution is -2.58.